The highest BCUT2D eigenvalue weighted by Gasteiger charge is 2.20. The van der Waals surface area contributed by atoms with Crippen molar-refractivity contribution in [2.45, 2.75) is 6.92 Å². The third-order valence-corrected chi connectivity index (χ3v) is 5.90. The Balaban J connectivity index is 1.84. The molecule has 0 saturated heterocycles. The molecule has 0 N–H and O–H groups in total. The van der Waals surface area contributed by atoms with E-state index in [0.717, 1.165) is 0 Å². The molecule has 3 aromatic heterocycles. The molecule has 6 aromatic rings. The zero-order chi connectivity index (χ0) is 18.1. The van der Waals surface area contributed by atoms with Crippen molar-refractivity contribution in [3.05, 3.63) is 84.6 Å². The smallest absolute Gasteiger partial charge is 0.212 e. The van der Waals surface area contributed by atoms with Crippen molar-refractivity contribution >= 4 is 38.1 Å². The summed E-state index contributed by atoms with van der Waals surface area (Å²) >= 11 is 0. The van der Waals surface area contributed by atoms with Gasteiger partial charge in [-0.15, -0.1) is 0 Å². The zero-order valence-corrected chi connectivity index (χ0v) is 15.4. The van der Waals surface area contributed by atoms with Gasteiger partial charge < -0.3 is 4.40 Å². The van der Waals surface area contributed by atoms with Gasteiger partial charge in [-0.05, 0) is 36.8 Å². The Hall–Kier alpha value is -3.39. The van der Waals surface area contributed by atoms with Crippen molar-refractivity contribution in [3.63, 3.8) is 0 Å². The molecule has 0 fully saturated rings. The summed E-state index contributed by atoms with van der Waals surface area (Å²) in [5.74, 6) is 0. The maximum Gasteiger partial charge on any atom is 0.212 e. The van der Waals surface area contributed by atoms with Crippen molar-refractivity contribution in [3.8, 4) is 11.3 Å². The summed E-state index contributed by atoms with van der Waals surface area (Å²) < 4.78 is 4.64. The number of fused-ring (bicyclic) bond motifs is 6. The maximum absolute atomic E-state index is 2.44. The third-order valence-electron chi connectivity index (χ3n) is 5.90. The van der Waals surface area contributed by atoms with Gasteiger partial charge in [-0.3, -0.25) is 0 Å². The average Bonchev–Trinajstić information content (AvgIpc) is 3.19. The van der Waals surface area contributed by atoms with Crippen LogP contribution in [0.5, 0.6) is 0 Å². The van der Waals surface area contributed by atoms with E-state index in [1.807, 2.05) is 0 Å². The SMILES string of the molecule is Cc1cc2c(cc1-c1cccc[n+]1C)c1cccc3c4ccccc4n2c31. The van der Waals surface area contributed by atoms with E-state index >= 15 is 0 Å². The number of hydrogen-bond donors (Lipinski definition) is 0. The fraction of sp³-hybridized carbons (Fsp3) is 0.0800. The highest BCUT2D eigenvalue weighted by atomic mass is 14.9. The molecule has 0 bridgehead atoms. The standard InChI is InChI=1S/C25H19N2/c1-16-14-24-21(15-20(16)22-11-5-6-13-26(22)2)19-10-7-9-18-17-8-3-4-12-23(17)27(24)25(18)19/h3-15H,1-2H3/q+1. The lowest BCUT2D eigenvalue weighted by molar-refractivity contribution is -0.660. The molecule has 0 aliphatic heterocycles. The van der Waals surface area contributed by atoms with Crippen LogP contribution in [0.15, 0.2) is 79.0 Å². The van der Waals surface area contributed by atoms with Gasteiger partial charge in [-0.2, -0.15) is 0 Å². The van der Waals surface area contributed by atoms with E-state index in [2.05, 4.69) is 102 Å². The second kappa shape index (κ2) is 5.08. The van der Waals surface area contributed by atoms with Crippen LogP contribution in [-0.2, 0) is 7.05 Å². The molecule has 128 valence electrons. The van der Waals surface area contributed by atoms with Crippen LogP contribution in [0.4, 0.5) is 0 Å². The molecule has 3 aromatic carbocycles. The first-order chi connectivity index (χ1) is 13.2. The Morgan fingerprint density at radius 2 is 1.44 bits per heavy atom. The van der Waals surface area contributed by atoms with E-state index < -0.39 is 0 Å². The second-order valence-corrected chi connectivity index (χ2v) is 7.44. The predicted molar refractivity (Wildman–Crippen MR) is 112 cm³/mol. The molecule has 0 aliphatic carbocycles. The minimum Gasteiger partial charge on any atom is -0.308 e. The monoisotopic (exact) mass is 347 g/mol. The summed E-state index contributed by atoms with van der Waals surface area (Å²) in [4.78, 5) is 0. The normalized spacial score (nSPS) is 12.1. The van der Waals surface area contributed by atoms with Crippen LogP contribution < -0.4 is 4.57 Å². The van der Waals surface area contributed by atoms with Crippen LogP contribution in [0.25, 0.3) is 49.4 Å². The average molecular weight is 347 g/mol. The van der Waals surface area contributed by atoms with E-state index in [-0.39, 0.29) is 0 Å². The van der Waals surface area contributed by atoms with Gasteiger partial charge in [0.2, 0.25) is 5.69 Å². The van der Waals surface area contributed by atoms with Crippen LogP contribution in [0, 0.1) is 6.92 Å². The van der Waals surface area contributed by atoms with Gasteiger partial charge >= 0.3 is 0 Å². The third kappa shape index (κ3) is 1.82. The summed E-state index contributed by atoms with van der Waals surface area (Å²) in [6.45, 7) is 2.22. The van der Waals surface area contributed by atoms with Gasteiger partial charge in [0.1, 0.15) is 7.05 Å². The van der Waals surface area contributed by atoms with Crippen molar-refractivity contribution in [1.29, 1.82) is 0 Å². The number of pyridine rings is 1. The first kappa shape index (κ1) is 14.7. The number of rotatable bonds is 1. The van der Waals surface area contributed by atoms with Gasteiger partial charge in [0.25, 0.3) is 0 Å². The molecule has 0 aliphatic rings. The summed E-state index contributed by atoms with van der Waals surface area (Å²) in [6, 6.07) is 26.5. The quantitative estimate of drug-likeness (QED) is 0.340. The van der Waals surface area contributed by atoms with Crippen molar-refractivity contribution in [1.82, 2.24) is 4.40 Å². The van der Waals surface area contributed by atoms with Crippen LogP contribution in [0.3, 0.4) is 0 Å². The fourth-order valence-corrected chi connectivity index (χ4v) is 4.66. The van der Waals surface area contributed by atoms with E-state index in [9.17, 15) is 0 Å². The lowest BCUT2D eigenvalue weighted by atomic mass is 10.00. The topological polar surface area (TPSA) is 8.29 Å². The summed E-state index contributed by atoms with van der Waals surface area (Å²) in [5.41, 5.74) is 7.76. The lowest BCUT2D eigenvalue weighted by Gasteiger charge is -2.06. The number of hydrogen-bond acceptors (Lipinski definition) is 0. The van der Waals surface area contributed by atoms with Gasteiger partial charge in [0.15, 0.2) is 6.20 Å². The Bertz CT molecular complexity index is 1490. The maximum atomic E-state index is 2.44. The zero-order valence-electron chi connectivity index (χ0n) is 15.4. The Labute approximate surface area is 157 Å². The van der Waals surface area contributed by atoms with Gasteiger partial charge in [0, 0.05) is 39.2 Å². The Kier molecular flexibility index (Phi) is 2.77. The van der Waals surface area contributed by atoms with Crippen LogP contribution in [0.1, 0.15) is 5.56 Å². The fourth-order valence-electron chi connectivity index (χ4n) is 4.66. The summed E-state index contributed by atoms with van der Waals surface area (Å²) in [7, 11) is 2.11. The molecule has 2 nitrogen and oxygen atoms in total. The lowest BCUT2D eigenvalue weighted by Crippen LogP contribution is -2.30. The molecular weight excluding hydrogens is 328 g/mol. The number of aryl methyl sites for hydroxylation is 2. The van der Waals surface area contributed by atoms with Gasteiger partial charge in [0.05, 0.1) is 16.6 Å². The molecule has 0 atom stereocenters. The number of aromatic nitrogens is 2. The van der Waals surface area contributed by atoms with Crippen molar-refractivity contribution < 1.29 is 4.57 Å². The molecule has 0 amide bonds. The van der Waals surface area contributed by atoms with E-state index in [1.165, 1.54) is 54.9 Å². The predicted octanol–water partition coefficient (Wildman–Crippen LogP) is 5.64. The van der Waals surface area contributed by atoms with Gasteiger partial charge in [-0.1, -0.05) is 36.4 Å². The van der Waals surface area contributed by atoms with Gasteiger partial charge in [-0.25, -0.2) is 4.57 Å². The van der Waals surface area contributed by atoms with E-state index in [4.69, 9.17) is 0 Å². The summed E-state index contributed by atoms with van der Waals surface area (Å²) in [5, 5.41) is 5.32. The second-order valence-electron chi connectivity index (χ2n) is 7.44. The molecule has 0 radical (unpaired) electrons. The minimum atomic E-state index is 1.24. The van der Waals surface area contributed by atoms with E-state index in [1.54, 1.807) is 0 Å². The molecular formula is C25H19N2+. The molecule has 27 heavy (non-hydrogen) atoms. The largest absolute Gasteiger partial charge is 0.308 e. The number of nitrogens with zero attached hydrogens (tertiary/aromatic N) is 2. The Morgan fingerprint density at radius 1 is 0.704 bits per heavy atom. The van der Waals surface area contributed by atoms with Crippen LogP contribution >= 0.6 is 0 Å². The molecule has 0 spiro atoms. The summed E-state index contributed by atoms with van der Waals surface area (Å²) in [6.07, 6.45) is 2.11. The number of benzene rings is 3. The molecule has 3 heterocycles. The van der Waals surface area contributed by atoms with Crippen LogP contribution in [0.2, 0.25) is 0 Å². The molecule has 0 saturated carbocycles. The van der Waals surface area contributed by atoms with Crippen molar-refractivity contribution in [2.24, 2.45) is 7.05 Å². The highest BCUT2D eigenvalue weighted by molar-refractivity contribution is 6.23. The first-order valence-corrected chi connectivity index (χ1v) is 9.36. The van der Waals surface area contributed by atoms with Crippen LogP contribution in [-0.4, -0.2) is 4.40 Å². The van der Waals surface area contributed by atoms with Crippen molar-refractivity contribution in [2.75, 3.05) is 0 Å². The van der Waals surface area contributed by atoms with E-state index in [0.29, 0.717) is 0 Å². The highest BCUT2D eigenvalue weighted by Crippen LogP contribution is 2.40. The molecule has 2 heteroatoms. The first-order valence-electron chi connectivity index (χ1n) is 9.36. The Morgan fingerprint density at radius 3 is 2.30 bits per heavy atom. The molecule has 0 unspecified atom stereocenters. The molecule has 6 rings (SSSR count). The minimum absolute atomic E-state index is 1.24. The number of para-hydroxylation sites is 2.